The predicted molar refractivity (Wildman–Crippen MR) is 77.8 cm³/mol. The van der Waals surface area contributed by atoms with Gasteiger partial charge in [-0.25, -0.2) is 0 Å². The van der Waals surface area contributed by atoms with Gasteiger partial charge in [-0.3, -0.25) is 10.1 Å². The van der Waals surface area contributed by atoms with Crippen LogP contribution < -0.4 is 10.2 Å². The Balaban J connectivity index is 2.25. The van der Waals surface area contributed by atoms with Crippen LogP contribution in [0.4, 0.5) is 17.1 Å². The zero-order valence-electron chi connectivity index (χ0n) is 11.7. The van der Waals surface area contributed by atoms with Gasteiger partial charge < -0.3 is 10.2 Å². The molecule has 0 bridgehead atoms. The second-order valence-electron chi connectivity index (χ2n) is 5.48. The summed E-state index contributed by atoms with van der Waals surface area (Å²) in [6.45, 7) is 6.44. The number of benzene rings is 1. The van der Waals surface area contributed by atoms with Crippen molar-refractivity contribution in [2.24, 2.45) is 11.8 Å². The van der Waals surface area contributed by atoms with Crippen LogP contribution in [-0.2, 0) is 0 Å². The van der Waals surface area contributed by atoms with E-state index in [1.807, 2.05) is 6.07 Å². The van der Waals surface area contributed by atoms with Crippen molar-refractivity contribution in [3.63, 3.8) is 0 Å². The Morgan fingerprint density at radius 3 is 2.68 bits per heavy atom. The molecular formula is C14H21N3O2. The molecule has 2 rings (SSSR count). The van der Waals surface area contributed by atoms with Gasteiger partial charge in [-0.1, -0.05) is 13.8 Å². The highest BCUT2D eigenvalue weighted by Gasteiger charge is 2.26. The Labute approximate surface area is 113 Å². The maximum absolute atomic E-state index is 11.0. The quantitative estimate of drug-likeness (QED) is 0.669. The average Bonchev–Trinajstić information content (AvgIpc) is 2.87. The molecule has 0 spiro atoms. The van der Waals surface area contributed by atoms with Crippen LogP contribution in [0.25, 0.3) is 0 Å². The van der Waals surface area contributed by atoms with E-state index in [9.17, 15) is 10.1 Å². The lowest BCUT2D eigenvalue weighted by Crippen LogP contribution is -2.21. The summed E-state index contributed by atoms with van der Waals surface area (Å²) in [5, 5.41) is 14.0. The Bertz CT molecular complexity index is 474. The van der Waals surface area contributed by atoms with Crippen LogP contribution in [0.1, 0.15) is 20.3 Å². The molecule has 1 aliphatic rings. The Hall–Kier alpha value is -1.78. The topological polar surface area (TPSA) is 58.4 Å². The number of hydrogen-bond acceptors (Lipinski definition) is 4. The van der Waals surface area contributed by atoms with Crippen LogP contribution in [0.5, 0.6) is 0 Å². The first-order chi connectivity index (χ1) is 9.01. The SMILES string of the molecule is CNc1cc(N2CCC(C(C)C)C2)cc([N+](=O)[O-])c1. The monoisotopic (exact) mass is 263 g/mol. The van der Waals surface area contributed by atoms with Crippen LogP contribution >= 0.6 is 0 Å². The minimum atomic E-state index is -0.333. The lowest BCUT2D eigenvalue weighted by atomic mass is 9.95. The smallest absolute Gasteiger partial charge is 0.273 e. The Kier molecular flexibility index (Phi) is 3.93. The molecule has 104 valence electrons. The largest absolute Gasteiger partial charge is 0.388 e. The zero-order valence-corrected chi connectivity index (χ0v) is 11.7. The first kappa shape index (κ1) is 13.6. The van der Waals surface area contributed by atoms with Gasteiger partial charge in [0.15, 0.2) is 0 Å². The zero-order chi connectivity index (χ0) is 14.0. The van der Waals surface area contributed by atoms with Crippen molar-refractivity contribution in [2.75, 3.05) is 30.4 Å². The molecule has 0 radical (unpaired) electrons. The van der Waals surface area contributed by atoms with Gasteiger partial charge in [0, 0.05) is 43.6 Å². The van der Waals surface area contributed by atoms with E-state index in [1.54, 1.807) is 19.2 Å². The third-order valence-corrected chi connectivity index (χ3v) is 3.93. The van der Waals surface area contributed by atoms with Crippen molar-refractivity contribution in [3.05, 3.63) is 28.3 Å². The number of non-ortho nitro benzene ring substituents is 1. The number of anilines is 2. The van der Waals surface area contributed by atoms with Crippen molar-refractivity contribution in [1.29, 1.82) is 0 Å². The molecule has 0 saturated carbocycles. The van der Waals surface area contributed by atoms with Crippen molar-refractivity contribution in [3.8, 4) is 0 Å². The van der Waals surface area contributed by atoms with Gasteiger partial charge in [0.25, 0.3) is 5.69 Å². The number of nitro benzene ring substituents is 1. The van der Waals surface area contributed by atoms with Crippen molar-refractivity contribution in [2.45, 2.75) is 20.3 Å². The molecule has 1 saturated heterocycles. The van der Waals surface area contributed by atoms with Gasteiger partial charge in [-0.05, 0) is 24.3 Å². The molecule has 1 unspecified atom stereocenters. The number of nitrogens with zero attached hydrogens (tertiary/aromatic N) is 2. The van der Waals surface area contributed by atoms with Gasteiger partial charge >= 0.3 is 0 Å². The molecule has 1 aromatic rings. The van der Waals surface area contributed by atoms with E-state index >= 15 is 0 Å². The highest BCUT2D eigenvalue weighted by atomic mass is 16.6. The molecule has 5 nitrogen and oxygen atoms in total. The fourth-order valence-electron chi connectivity index (χ4n) is 2.59. The van der Waals surface area contributed by atoms with E-state index in [-0.39, 0.29) is 10.6 Å². The molecule has 1 fully saturated rings. The van der Waals surface area contributed by atoms with Crippen molar-refractivity contribution < 1.29 is 4.92 Å². The number of nitro groups is 1. The maximum atomic E-state index is 11.0. The van der Waals surface area contributed by atoms with E-state index in [2.05, 4.69) is 24.1 Å². The van der Waals surface area contributed by atoms with Gasteiger partial charge in [0.2, 0.25) is 0 Å². The summed E-state index contributed by atoms with van der Waals surface area (Å²) in [6.07, 6.45) is 1.16. The van der Waals surface area contributed by atoms with E-state index in [0.717, 1.165) is 30.9 Å². The Morgan fingerprint density at radius 1 is 1.42 bits per heavy atom. The fraction of sp³-hybridized carbons (Fsp3) is 0.571. The van der Waals surface area contributed by atoms with Gasteiger partial charge in [0.1, 0.15) is 0 Å². The predicted octanol–water partition coefficient (Wildman–Crippen LogP) is 3.12. The second kappa shape index (κ2) is 5.47. The average molecular weight is 263 g/mol. The van der Waals surface area contributed by atoms with Gasteiger partial charge in [-0.2, -0.15) is 0 Å². The molecular weight excluding hydrogens is 242 g/mol. The molecule has 1 aromatic carbocycles. The molecule has 0 amide bonds. The fourth-order valence-corrected chi connectivity index (χ4v) is 2.59. The van der Waals surface area contributed by atoms with Gasteiger partial charge in [-0.15, -0.1) is 0 Å². The summed E-state index contributed by atoms with van der Waals surface area (Å²) in [7, 11) is 1.78. The molecule has 19 heavy (non-hydrogen) atoms. The van der Waals surface area contributed by atoms with Crippen LogP contribution in [0.15, 0.2) is 18.2 Å². The van der Waals surface area contributed by atoms with E-state index < -0.39 is 0 Å². The first-order valence-electron chi connectivity index (χ1n) is 6.73. The summed E-state index contributed by atoms with van der Waals surface area (Å²) >= 11 is 0. The first-order valence-corrected chi connectivity index (χ1v) is 6.73. The van der Waals surface area contributed by atoms with Gasteiger partial charge in [0.05, 0.1) is 4.92 Å². The van der Waals surface area contributed by atoms with E-state index in [0.29, 0.717) is 11.8 Å². The number of rotatable bonds is 4. The lowest BCUT2D eigenvalue weighted by Gasteiger charge is -2.20. The molecule has 1 atom stereocenters. The van der Waals surface area contributed by atoms with E-state index in [1.165, 1.54) is 0 Å². The third-order valence-electron chi connectivity index (χ3n) is 3.93. The minimum absolute atomic E-state index is 0.148. The molecule has 1 aliphatic heterocycles. The van der Waals surface area contributed by atoms with Crippen LogP contribution in [-0.4, -0.2) is 25.1 Å². The summed E-state index contributed by atoms with van der Waals surface area (Å²) in [4.78, 5) is 12.9. The molecule has 1 N–H and O–H groups in total. The standard InChI is InChI=1S/C14H21N3O2/c1-10(2)11-4-5-16(9-11)13-6-12(15-3)7-14(8-13)17(18)19/h6-8,10-11,15H,4-5,9H2,1-3H3. The van der Waals surface area contributed by atoms with Crippen LogP contribution in [0, 0.1) is 22.0 Å². The summed E-state index contributed by atoms with van der Waals surface area (Å²) < 4.78 is 0. The highest BCUT2D eigenvalue weighted by Crippen LogP contribution is 2.32. The second-order valence-corrected chi connectivity index (χ2v) is 5.48. The highest BCUT2D eigenvalue weighted by molar-refractivity contribution is 5.64. The van der Waals surface area contributed by atoms with Crippen molar-refractivity contribution >= 4 is 17.1 Å². The lowest BCUT2D eigenvalue weighted by molar-refractivity contribution is -0.384. The van der Waals surface area contributed by atoms with Crippen LogP contribution in [0.3, 0.4) is 0 Å². The summed E-state index contributed by atoms with van der Waals surface area (Å²) in [5.41, 5.74) is 1.88. The summed E-state index contributed by atoms with van der Waals surface area (Å²) in [5.74, 6) is 1.34. The van der Waals surface area contributed by atoms with Crippen molar-refractivity contribution in [1.82, 2.24) is 0 Å². The maximum Gasteiger partial charge on any atom is 0.273 e. The van der Waals surface area contributed by atoms with E-state index in [4.69, 9.17) is 0 Å². The molecule has 1 heterocycles. The molecule has 5 heteroatoms. The Morgan fingerprint density at radius 2 is 2.16 bits per heavy atom. The normalized spacial score (nSPS) is 18.9. The third kappa shape index (κ3) is 2.97. The number of hydrogen-bond donors (Lipinski definition) is 1. The minimum Gasteiger partial charge on any atom is -0.388 e. The molecule has 0 aliphatic carbocycles. The number of nitrogens with one attached hydrogen (secondary N) is 1. The molecule has 0 aromatic heterocycles. The summed E-state index contributed by atoms with van der Waals surface area (Å²) in [6, 6.07) is 5.22. The van der Waals surface area contributed by atoms with Crippen LogP contribution in [0.2, 0.25) is 0 Å².